The third-order valence-corrected chi connectivity index (χ3v) is 3.45. The molecular weight excluding hydrogens is 270 g/mol. The van der Waals surface area contributed by atoms with Crippen molar-refractivity contribution in [3.8, 4) is 10.6 Å². The normalized spacial score (nSPS) is 10.7. The van der Waals surface area contributed by atoms with Gasteiger partial charge in [-0.25, -0.2) is 4.39 Å². The van der Waals surface area contributed by atoms with E-state index in [9.17, 15) is 4.39 Å². The number of alkyl halides is 1. The average molecular weight is 277 g/mol. The van der Waals surface area contributed by atoms with Gasteiger partial charge in [0.05, 0.1) is 5.02 Å². The highest BCUT2D eigenvalue weighted by Crippen LogP contribution is 2.30. The predicted octanol–water partition coefficient (Wildman–Crippen LogP) is 3.78. The van der Waals surface area contributed by atoms with Gasteiger partial charge in [-0.15, -0.1) is 21.8 Å². The van der Waals surface area contributed by atoms with Gasteiger partial charge < -0.3 is 0 Å². The maximum Gasteiger partial charge on any atom is 0.149 e. The molecule has 0 spiro atoms. The smallest absolute Gasteiger partial charge is 0.149 e. The number of hydrogen-bond donors (Lipinski definition) is 0. The summed E-state index contributed by atoms with van der Waals surface area (Å²) in [6.45, 7) is 0. The van der Waals surface area contributed by atoms with Crippen LogP contribution in [-0.4, -0.2) is 16.1 Å². The highest BCUT2D eigenvalue weighted by molar-refractivity contribution is 7.14. The number of benzene rings is 1. The van der Waals surface area contributed by atoms with Crippen LogP contribution in [0.1, 0.15) is 5.01 Å². The summed E-state index contributed by atoms with van der Waals surface area (Å²) in [7, 11) is 0. The van der Waals surface area contributed by atoms with E-state index in [0.717, 1.165) is 5.01 Å². The SMILES string of the molecule is Fc1ccc(-c2nnc(CCCl)s2)c(Cl)c1. The van der Waals surface area contributed by atoms with Crippen molar-refractivity contribution < 1.29 is 4.39 Å². The van der Waals surface area contributed by atoms with Crippen molar-refractivity contribution in [2.24, 2.45) is 0 Å². The van der Waals surface area contributed by atoms with Gasteiger partial charge in [0.1, 0.15) is 15.8 Å². The van der Waals surface area contributed by atoms with Gasteiger partial charge in [0.15, 0.2) is 0 Å². The molecule has 0 aliphatic heterocycles. The quantitative estimate of drug-likeness (QED) is 0.798. The zero-order valence-corrected chi connectivity index (χ0v) is 10.4. The average Bonchev–Trinajstić information content (AvgIpc) is 2.67. The van der Waals surface area contributed by atoms with Gasteiger partial charge in [-0.1, -0.05) is 22.9 Å². The van der Waals surface area contributed by atoms with Crippen LogP contribution in [0.15, 0.2) is 18.2 Å². The molecule has 0 unspecified atom stereocenters. The Morgan fingerprint density at radius 2 is 2.12 bits per heavy atom. The Bertz CT molecular complexity index is 501. The highest BCUT2D eigenvalue weighted by Gasteiger charge is 2.10. The van der Waals surface area contributed by atoms with Gasteiger partial charge in [-0.2, -0.15) is 0 Å². The van der Waals surface area contributed by atoms with Crippen molar-refractivity contribution in [2.75, 3.05) is 5.88 Å². The van der Waals surface area contributed by atoms with Gasteiger partial charge in [0.2, 0.25) is 0 Å². The molecule has 0 amide bonds. The van der Waals surface area contributed by atoms with Crippen molar-refractivity contribution in [1.29, 1.82) is 0 Å². The Morgan fingerprint density at radius 1 is 1.31 bits per heavy atom. The topological polar surface area (TPSA) is 25.8 Å². The first-order valence-corrected chi connectivity index (χ1v) is 6.27. The molecule has 1 heterocycles. The molecule has 2 nitrogen and oxygen atoms in total. The summed E-state index contributed by atoms with van der Waals surface area (Å²) in [5, 5.41) is 9.85. The van der Waals surface area contributed by atoms with E-state index in [1.807, 2.05) is 0 Å². The molecule has 1 aromatic heterocycles. The minimum absolute atomic E-state index is 0.341. The zero-order valence-electron chi connectivity index (χ0n) is 8.08. The summed E-state index contributed by atoms with van der Waals surface area (Å²) in [5.41, 5.74) is 0.696. The summed E-state index contributed by atoms with van der Waals surface area (Å²) < 4.78 is 12.9. The molecule has 6 heteroatoms. The van der Waals surface area contributed by atoms with Crippen LogP contribution in [-0.2, 0) is 6.42 Å². The summed E-state index contributed by atoms with van der Waals surface area (Å²) in [6.07, 6.45) is 0.679. The predicted molar refractivity (Wildman–Crippen MR) is 64.7 cm³/mol. The highest BCUT2D eigenvalue weighted by atomic mass is 35.5. The van der Waals surface area contributed by atoms with Crippen LogP contribution in [0.2, 0.25) is 5.02 Å². The lowest BCUT2D eigenvalue weighted by molar-refractivity contribution is 0.628. The second-order valence-electron chi connectivity index (χ2n) is 3.06. The van der Waals surface area contributed by atoms with Crippen LogP contribution in [0.4, 0.5) is 4.39 Å². The van der Waals surface area contributed by atoms with Crippen molar-refractivity contribution in [3.05, 3.63) is 34.0 Å². The third kappa shape index (κ3) is 2.51. The molecule has 0 aliphatic rings. The molecule has 0 fully saturated rings. The lowest BCUT2D eigenvalue weighted by Crippen LogP contribution is -1.83. The van der Waals surface area contributed by atoms with E-state index in [1.54, 1.807) is 6.07 Å². The minimum atomic E-state index is -0.362. The fourth-order valence-electron chi connectivity index (χ4n) is 1.21. The lowest BCUT2D eigenvalue weighted by atomic mass is 10.2. The molecule has 0 aliphatic carbocycles. The van der Waals surface area contributed by atoms with E-state index in [1.165, 1.54) is 23.5 Å². The molecule has 2 aromatic rings. The van der Waals surface area contributed by atoms with Crippen LogP contribution in [0, 0.1) is 5.82 Å². The molecule has 16 heavy (non-hydrogen) atoms. The van der Waals surface area contributed by atoms with Gasteiger partial charge >= 0.3 is 0 Å². The fourth-order valence-corrected chi connectivity index (χ4v) is 2.69. The largest absolute Gasteiger partial charge is 0.207 e. The Labute approximate surface area is 106 Å². The van der Waals surface area contributed by atoms with E-state index in [2.05, 4.69) is 10.2 Å². The Balaban J connectivity index is 2.35. The molecule has 0 N–H and O–H groups in total. The molecule has 2 rings (SSSR count). The van der Waals surface area contributed by atoms with Gasteiger partial charge in [0, 0.05) is 17.9 Å². The van der Waals surface area contributed by atoms with Crippen molar-refractivity contribution in [2.45, 2.75) is 6.42 Å². The van der Waals surface area contributed by atoms with Crippen molar-refractivity contribution >= 4 is 34.5 Å². The first-order chi connectivity index (χ1) is 7.70. The molecule has 0 atom stereocenters. The van der Waals surface area contributed by atoms with E-state index in [4.69, 9.17) is 23.2 Å². The van der Waals surface area contributed by atoms with E-state index < -0.39 is 0 Å². The number of halogens is 3. The molecule has 1 aromatic carbocycles. The van der Waals surface area contributed by atoms with Crippen LogP contribution < -0.4 is 0 Å². The first kappa shape index (κ1) is 11.8. The van der Waals surface area contributed by atoms with Gasteiger partial charge in [-0.05, 0) is 18.2 Å². The van der Waals surface area contributed by atoms with E-state index in [-0.39, 0.29) is 5.82 Å². The Morgan fingerprint density at radius 3 is 2.81 bits per heavy atom. The summed E-state index contributed by atoms with van der Waals surface area (Å²) >= 11 is 12.9. The second kappa shape index (κ2) is 5.08. The molecule has 0 saturated carbocycles. The maximum absolute atomic E-state index is 12.9. The number of hydrogen-bond acceptors (Lipinski definition) is 3. The summed E-state index contributed by atoms with van der Waals surface area (Å²) in [5.74, 6) is 0.144. The Hall–Kier alpha value is -0.710. The van der Waals surface area contributed by atoms with Crippen LogP contribution >= 0.6 is 34.5 Å². The molecule has 0 radical (unpaired) electrons. The number of rotatable bonds is 3. The lowest BCUT2D eigenvalue weighted by Gasteiger charge is -1.98. The first-order valence-electron chi connectivity index (χ1n) is 4.54. The van der Waals surface area contributed by atoms with Gasteiger partial charge in [-0.3, -0.25) is 0 Å². The Kier molecular flexibility index (Phi) is 3.74. The van der Waals surface area contributed by atoms with Gasteiger partial charge in [0.25, 0.3) is 0 Å². The van der Waals surface area contributed by atoms with Crippen LogP contribution in [0.3, 0.4) is 0 Å². The minimum Gasteiger partial charge on any atom is -0.207 e. The molecule has 0 saturated heterocycles. The van der Waals surface area contributed by atoms with Crippen LogP contribution in [0.5, 0.6) is 0 Å². The zero-order chi connectivity index (χ0) is 11.5. The third-order valence-electron chi connectivity index (χ3n) is 1.94. The fraction of sp³-hybridized carbons (Fsp3) is 0.200. The number of nitrogens with zero attached hydrogens (tertiary/aromatic N) is 2. The molecule has 0 bridgehead atoms. The maximum atomic E-state index is 12.9. The summed E-state index contributed by atoms with van der Waals surface area (Å²) in [4.78, 5) is 0. The van der Waals surface area contributed by atoms with E-state index >= 15 is 0 Å². The molecular formula is C10H7Cl2FN2S. The second-order valence-corrected chi connectivity index (χ2v) is 4.91. The van der Waals surface area contributed by atoms with E-state index in [0.29, 0.717) is 27.9 Å². The van der Waals surface area contributed by atoms with Crippen LogP contribution in [0.25, 0.3) is 10.6 Å². The summed E-state index contributed by atoms with van der Waals surface area (Å²) in [6, 6.07) is 4.21. The monoisotopic (exact) mass is 276 g/mol. The molecule has 84 valence electrons. The number of aryl methyl sites for hydroxylation is 1. The standard InChI is InChI=1S/C10H7Cl2FN2S/c11-4-3-9-14-15-10(16-9)7-2-1-6(13)5-8(7)12/h1-2,5H,3-4H2. The number of aromatic nitrogens is 2. The van der Waals surface area contributed by atoms with Crippen molar-refractivity contribution in [3.63, 3.8) is 0 Å². The van der Waals surface area contributed by atoms with Crippen molar-refractivity contribution in [1.82, 2.24) is 10.2 Å².